The first-order chi connectivity index (χ1) is 6.94. The fourth-order valence-electron chi connectivity index (χ4n) is 5.21. The van der Waals surface area contributed by atoms with Gasteiger partial charge in [-0.15, -0.1) is 0 Å². The molecule has 0 N–H and O–H groups in total. The molecule has 4 bridgehead atoms. The Morgan fingerprint density at radius 2 is 1.20 bits per heavy atom. The van der Waals surface area contributed by atoms with Crippen LogP contribution < -0.4 is 0 Å². The molecule has 4 saturated carbocycles. The average molecular weight is 206 g/mol. The average Bonchev–Trinajstić information content (AvgIpc) is 2.19. The second-order valence-electron chi connectivity index (χ2n) is 7.80. The third-order valence-corrected chi connectivity index (χ3v) is 6.09. The molecule has 86 valence electrons. The largest absolute Gasteiger partial charge is 0.0649 e. The zero-order chi connectivity index (χ0) is 10.8. The van der Waals surface area contributed by atoms with Crippen molar-refractivity contribution >= 4 is 0 Å². The van der Waals surface area contributed by atoms with Crippen LogP contribution in [0.5, 0.6) is 0 Å². The van der Waals surface area contributed by atoms with Crippen molar-refractivity contribution in [3.8, 4) is 0 Å². The maximum atomic E-state index is 2.53. The van der Waals surface area contributed by atoms with Crippen molar-refractivity contribution in [2.45, 2.75) is 59.8 Å². The minimum atomic E-state index is 0.669. The van der Waals surface area contributed by atoms with Gasteiger partial charge in [-0.2, -0.15) is 0 Å². The summed E-state index contributed by atoms with van der Waals surface area (Å²) >= 11 is 0. The lowest BCUT2D eigenvalue weighted by Gasteiger charge is -2.68. The number of hydrogen-bond acceptors (Lipinski definition) is 0. The Morgan fingerprint density at radius 1 is 0.800 bits per heavy atom. The fourth-order valence-corrected chi connectivity index (χ4v) is 5.21. The highest BCUT2D eigenvalue weighted by Gasteiger charge is 2.61. The van der Waals surface area contributed by atoms with E-state index in [4.69, 9.17) is 0 Å². The Morgan fingerprint density at radius 3 is 1.60 bits per heavy atom. The highest BCUT2D eigenvalue weighted by atomic mass is 14.7. The molecule has 0 heteroatoms. The molecule has 4 fully saturated rings. The van der Waals surface area contributed by atoms with Gasteiger partial charge in [0, 0.05) is 0 Å². The first-order valence-electron chi connectivity index (χ1n) is 6.94. The van der Waals surface area contributed by atoms with E-state index >= 15 is 0 Å². The molecule has 0 aliphatic heterocycles. The molecular formula is C15H26. The van der Waals surface area contributed by atoms with Crippen LogP contribution in [0.3, 0.4) is 0 Å². The minimum Gasteiger partial charge on any atom is -0.0649 e. The van der Waals surface area contributed by atoms with Crippen molar-refractivity contribution in [2.75, 3.05) is 0 Å². The van der Waals surface area contributed by atoms with E-state index in [9.17, 15) is 0 Å². The normalized spacial score (nSPS) is 56.0. The van der Waals surface area contributed by atoms with Gasteiger partial charge in [-0.1, -0.05) is 34.1 Å². The second-order valence-corrected chi connectivity index (χ2v) is 7.80. The predicted molar refractivity (Wildman–Crippen MR) is 64.6 cm³/mol. The Kier molecular flexibility index (Phi) is 1.91. The molecule has 0 aromatic heterocycles. The summed E-state index contributed by atoms with van der Waals surface area (Å²) in [5.41, 5.74) is 1.38. The van der Waals surface area contributed by atoms with Crippen LogP contribution in [0.1, 0.15) is 59.8 Å². The van der Waals surface area contributed by atoms with Gasteiger partial charge >= 0.3 is 0 Å². The summed E-state index contributed by atoms with van der Waals surface area (Å²) in [6.07, 6.45) is 7.55. The molecule has 0 nitrogen and oxygen atoms in total. The third-order valence-electron chi connectivity index (χ3n) is 6.09. The summed E-state index contributed by atoms with van der Waals surface area (Å²) < 4.78 is 0. The van der Waals surface area contributed by atoms with Gasteiger partial charge in [-0.25, -0.2) is 0 Å². The van der Waals surface area contributed by atoms with E-state index in [1.165, 1.54) is 19.3 Å². The summed E-state index contributed by atoms with van der Waals surface area (Å²) in [4.78, 5) is 0. The van der Waals surface area contributed by atoms with E-state index in [0.717, 1.165) is 23.7 Å². The van der Waals surface area contributed by atoms with E-state index in [-0.39, 0.29) is 0 Å². The van der Waals surface area contributed by atoms with Gasteiger partial charge in [0.2, 0.25) is 0 Å². The number of fused-ring (bicyclic) bond motifs is 2. The van der Waals surface area contributed by atoms with Crippen molar-refractivity contribution in [1.82, 2.24) is 0 Å². The number of hydrogen-bond donors (Lipinski definition) is 0. The quantitative estimate of drug-likeness (QED) is 0.593. The van der Waals surface area contributed by atoms with Gasteiger partial charge < -0.3 is 0 Å². The van der Waals surface area contributed by atoms with Crippen LogP contribution in [-0.2, 0) is 0 Å². The third kappa shape index (κ3) is 1.33. The maximum absolute atomic E-state index is 2.53. The monoisotopic (exact) mass is 206 g/mol. The van der Waals surface area contributed by atoms with Crippen molar-refractivity contribution in [3.63, 3.8) is 0 Å². The van der Waals surface area contributed by atoms with Crippen LogP contribution in [0.15, 0.2) is 0 Å². The zero-order valence-electron chi connectivity index (χ0n) is 10.8. The summed E-state index contributed by atoms with van der Waals surface area (Å²) in [6, 6.07) is 0. The van der Waals surface area contributed by atoms with Crippen molar-refractivity contribution < 1.29 is 0 Å². The molecular weight excluding hydrogens is 180 g/mol. The van der Waals surface area contributed by atoms with E-state index in [1.807, 2.05) is 0 Å². The van der Waals surface area contributed by atoms with Gasteiger partial charge in [-0.05, 0) is 60.2 Å². The van der Waals surface area contributed by atoms with E-state index in [2.05, 4.69) is 27.7 Å². The fraction of sp³-hybridized carbons (Fsp3) is 1.00. The lowest BCUT2D eigenvalue weighted by Crippen LogP contribution is -2.60. The first kappa shape index (κ1) is 10.2. The molecule has 4 aliphatic rings. The van der Waals surface area contributed by atoms with E-state index < -0.39 is 0 Å². The molecule has 15 heavy (non-hydrogen) atoms. The minimum absolute atomic E-state index is 0.669. The smallest absolute Gasteiger partial charge is 0.0323 e. The molecule has 0 radical (unpaired) electrons. The summed E-state index contributed by atoms with van der Waals surface area (Å²) in [6.45, 7) is 9.90. The lowest BCUT2D eigenvalue weighted by atomic mass is 9.37. The van der Waals surface area contributed by atoms with Crippen LogP contribution in [0.2, 0.25) is 0 Å². The van der Waals surface area contributed by atoms with Crippen LogP contribution in [-0.4, -0.2) is 0 Å². The van der Waals surface area contributed by atoms with Gasteiger partial charge in [-0.3, -0.25) is 0 Å². The van der Waals surface area contributed by atoms with Crippen LogP contribution in [0, 0.1) is 34.5 Å². The molecule has 4 rings (SSSR count). The van der Waals surface area contributed by atoms with Gasteiger partial charge in [0.1, 0.15) is 0 Å². The number of rotatable bonds is 1. The topological polar surface area (TPSA) is 0 Å². The van der Waals surface area contributed by atoms with Crippen molar-refractivity contribution in [3.05, 3.63) is 0 Å². The zero-order valence-corrected chi connectivity index (χ0v) is 10.8. The summed E-state index contributed by atoms with van der Waals surface area (Å²) in [7, 11) is 0. The Balaban J connectivity index is 1.76. The van der Waals surface area contributed by atoms with E-state index in [1.54, 1.807) is 12.8 Å². The van der Waals surface area contributed by atoms with E-state index in [0.29, 0.717) is 10.8 Å². The molecule has 0 aromatic carbocycles. The lowest BCUT2D eigenvalue weighted by molar-refractivity contribution is -0.187. The highest BCUT2D eigenvalue weighted by Crippen LogP contribution is 2.69. The molecule has 0 aromatic rings. The van der Waals surface area contributed by atoms with Gasteiger partial charge in [0.25, 0.3) is 0 Å². The standard InChI is InChI=1S/C15H26/c1-5-15(4)8-12-10-6-14(2,3)7-11(12)13(10)9-15/h10-13H,5-9H2,1-4H3. The SMILES string of the molecule is CCC1(C)CC2C3CC(C)(C)CC2C3C1. The van der Waals surface area contributed by atoms with Crippen LogP contribution in [0.25, 0.3) is 0 Å². The summed E-state index contributed by atoms with van der Waals surface area (Å²) in [5, 5.41) is 0. The molecule has 0 atom stereocenters. The van der Waals surface area contributed by atoms with Crippen LogP contribution in [0.4, 0.5) is 0 Å². The van der Waals surface area contributed by atoms with Crippen LogP contribution >= 0.6 is 0 Å². The van der Waals surface area contributed by atoms with Crippen molar-refractivity contribution in [1.29, 1.82) is 0 Å². The first-order valence-corrected chi connectivity index (χ1v) is 6.94. The molecule has 0 saturated heterocycles. The van der Waals surface area contributed by atoms with Gasteiger partial charge in [0.15, 0.2) is 0 Å². The summed E-state index contributed by atoms with van der Waals surface area (Å²) in [5.74, 6) is 4.50. The van der Waals surface area contributed by atoms with Crippen molar-refractivity contribution in [2.24, 2.45) is 34.5 Å². The molecule has 0 amide bonds. The molecule has 0 unspecified atom stereocenters. The molecule has 4 aliphatic carbocycles. The Hall–Kier alpha value is 0. The Labute approximate surface area is 94.8 Å². The molecule has 0 spiro atoms. The maximum Gasteiger partial charge on any atom is -0.0323 e. The predicted octanol–water partition coefficient (Wildman–Crippen LogP) is 4.49. The highest BCUT2D eigenvalue weighted by molar-refractivity contribution is 5.10. The Bertz CT molecular complexity index is 246. The molecule has 0 heterocycles. The van der Waals surface area contributed by atoms with Gasteiger partial charge in [0.05, 0.1) is 0 Å². The second kappa shape index (κ2) is 2.81.